The summed E-state index contributed by atoms with van der Waals surface area (Å²) in [5.41, 5.74) is 2.82. The summed E-state index contributed by atoms with van der Waals surface area (Å²) in [5, 5.41) is 0. The van der Waals surface area contributed by atoms with Gasteiger partial charge in [-0.3, -0.25) is 4.90 Å². The molecule has 0 fully saturated rings. The highest BCUT2D eigenvalue weighted by Gasteiger charge is 2.27. The first-order valence-corrected chi connectivity index (χ1v) is 5.65. The Bertz CT molecular complexity index is 359. The summed E-state index contributed by atoms with van der Waals surface area (Å²) in [5.74, 6) is 0. The van der Waals surface area contributed by atoms with Gasteiger partial charge in [-0.2, -0.15) is 0 Å². The Balaban J connectivity index is 2.40. The van der Waals surface area contributed by atoms with Crippen LogP contribution >= 0.6 is 0 Å². The second-order valence-corrected chi connectivity index (χ2v) is 5.65. The Hall–Kier alpha value is -0.830. The van der Waals surface area contributed by atoms with Crippen LogP contribution in [0.1, 0.15) is 39.1 Å². The summed E-state index contributed by atoms with van der Waals surface area (Å²) in [6.45, 7) is 9.97. The standard InChI is InChI=1S/C12H21N3/c1-9-6-10-11(7-14(9)5)15(8-13-10)12(2,3)4/h8-9H,6-7H2,1-5H3. The zero-order valence-corrected chi connectivity index (χ0v) is 10.4. The van der Waals surface area contributed by atoms with Gasteiger partial charge in [0.1, 0.15) is 0 Å². The second kappa shape index (κ2) is 3.34. The zero-order chi connectivity index (χ0) is 11.2. The molecule has 2 rings (SSSR count). The van der Waals surface area contributed by atoms with Gasteiger partial charge in [-0.05, 0) is 34.7 Å². The molecule has 0 amide bonds. The number of fused-ring (bicyclic) bond motifs is 1. The van der Waals surface area contributed by atoms with E-state index in [1.54, 1.807) is 0 Å². The third-order valence-electron chi connectivity index (χ3n) is 3.32. The van der Waals surface area contributed by atoms with Gasteiger partial charge < -0.3 is 4.57 Å². The number of rotatable bonds is 0. The van der Waals surface area contributed by atoms with Crippen molar-refractivity contribution in [2.24, 2.45) is 0 Å². The van der Waals surface area contributed by atoms with E-state index in [4.69, 9.17) is 0 Å². The van der Waals surface area contributed by atoms with Crippen LogP contribution in [0.25, 0.3) is 0 Å². The van der Waals surface area contributed by atoms with Gasteiger partial charge in [-0.1, -0.05) is 0 Å². The van der Waals surface area contributed by atoms with Gasteiger partial charge in [0.25, 0.3) is 0 Å². The van der Waals surface area contributed by atoms with E-state index in [1.165, 1.54) is 11.4 Å². The monoisotopic (exact) mass is 207 g/mol. The highest BCUT2D eigenvalue weighted by atomic mass is 15.2. The molecule has 1 atom stereocenters. The van der Waals surface area contributed by atoms with E-state index in [0.29, 0.717) is 6.04 Å². The largest absolute Gasteiger partial charge is 0.328 e. The van der Waals surface area contributed by atoms with Crippen molar-refractivity contribution < 1.29 is 0 Å². The van der Waals surface area contributed by atoms with Crippen LogP contribution in [0.3, 0.4) is 0 Å². The molecule has 3 nitrogen and oxygen atoms in total. The van der Waals surface area contributed by atoms with Crippen molar-refractivity contribution in [3.63, 3.8) is 0 Å². The summed E-state index contributed by atoms with van der Waals surface area (Å²) in [6, 6.07) is 0.612. The summed E-state index contributed by atoms with van der Waals surface area (Å²) < 4.78 is 2.31. The predicted molar refractivity (Wildman–Crippen MR) is 61.9 cm³/mol. The van der Waals surface area contributed by atoms with Crippen molar-refractivity contribution in [2.45, 2.75) is 52.2 Å². The van der Waals surface area contributed by atoms with Crippen LogP contribution in [-0.2, 0) is 18.5 Å². The molecule has 0 aliphatic carbocycles. The Morgan fingerprint density at radius 3 is 2.67 bits per heavy atom. The van der Waals surface area contributed by atoms with E-state index in [-0.39, 0.29) is 5.54 Å². The van der Waals surface area contributed by atoms with Crippen molar-refractivity contribution in [2.75, 3.05) is 7.05 Å². The van der Waals surface area contributed by atoms with E-state index < -0.39 is 0 Å². The normalized spacial score (nSPS) is 22.9. The van der Waals surface area contributed by atoms with Gasteiger partial charge in [0, 0.05) is 24.5 Å². The SMILES string of the molecule is CC1Cc2ncn(C(C)(C)C)c2CN1C. The second-order valence-electron chi connectivity index (χ2n) is 5.65. The maximum absolute atomic E-state index is 4.54. The van der Waals surface area contributed by atoms with E-state index in [1.807, 2.05) is 6.33 Å². The van der Waals surface area contributed by atoms with Crippen LogP contribution in [0.4, 0.5) is 0 Å². The molecular formula is C12H21N3. The Morgan fingerprint density at radius 1 is 1.40 bits per heavy atom. The van der Waals surface area contributed by atoms with Gasteiger partial charge in [0.05, 0.1) is 17.7 Å². The van der Waals surface area contributed by atoms with Gasteiger partial charge >= 0.3 is 0 Å². The number of hydrogen-bond donors (Lipinski definition) is 0. The molecule has 3 heteroatoms. The minimum absolute atomic E-state index is 0.141. The smallest absolute Gasteiger partial charge is 0.0957 e. The Morgan fingerprint density at radius 2 is 2.07 bits per heavy atom. The van der Waals surface area contributed by atoms with Gasteiger partial charge in [-0.25, -0.2) is 4.98 Å². The first-order valence-electron chi connectivity index (χ1n) is 5.65. The molecule has 1 aliphatic heterocycles. The van der Waals surface area contributed by atoms with Gasteiger partial charge in [0.15, 0.2) is 0 Å². The third-order valence-corrected chi connectivity index (χ3v) is 3.32. The average Bonchev–Trinajstić information content (AvgIpc) is 2.47. The third kappa shape index (κ3) is 1.81. The van der Waals surface area contributed by atoms with E-state index in [9.17, 15) is 0 Å². The molecule has 0 saturated carbocycles. The lowest BCUT2D eigenvalue weighted by Crippen LogP contribution is -2.37. The average molecular weight is 207 g/mol. The van der Waals surface area contributed by atoms with Gasteiger partial charge in [-0.15, -0.1) is 0 Å². The van der Waals surface area contributed by atoms with E-state index in [2.05, 4.69) is 49.2 Å². The zero-order valence-electron chi connectivity index (χ0n) is 10.4. The lowest BCUT2D eigenvalue weighted by Gasteiger charge is -2.32. The molecule has 0 aromatic carbocycles. The van der Waals surface area contributed by atoms with Crippen molar-refractivity contribution in [3.8, 4) is 0 Å². The summed E-state index contributed by atoms with van der Waals surface area (Å²) >= 11 is 0. The predicted octanol–water partition coefficient (Wildman–Crippen LogP) is 2.01. The minimum Gasteiger partial charge on any atom is -0.328 e. The highest BCUT2D eigenvalue weighted by molar-refractivity contribution is 5.19. The molecule has 0 bridgehead atoms. The minimum atomic E-state index is 0.141. The van der Waals surface area contributed by atoms with E-state index in [0.717, 1.165) is 13.0 Å². The maximum atomic E-state index is 4.54. The van der Waals surface area contributed by atoms with Crippen LogP contribution in [0.5, 0.6) is 0 Å². The molecule has 1 aromatic heterocycles. The molecule has 1 aromatic rings. The summed E-state index contributed by atoms with van der Waals surface area (Å²) in [4.78, 5) is 6.94. The fraction of sp³-hybridized carbons (Fsp3) is 0.750. The molecule has 1 aliphatic rings. The molecule has 15 heavy (non-hydrogen) atoms. The van der Waals surface area contributed by atoms with Crippen LogP contribution in [0.2, 0.25) is 0 Å². The number of hydrogen-bond acceptors (Lipinski definition) is 2. The van der Waals surface area contributed by atoms with Crippen LogP contribution in [-0.4, -0.2) is 27.5 Å². The molecule has 0 spiro atoms. The molecule has 2 heterocycles. The van der Waals surface area contributed by atoms with Crippen molar-refractivity contribution in [1.82, 2.24) is 14.5 Å². The number of imidazole rings is 1. The van der Waals surface area contributed by atoms with Crippen molar-refractivity contribution in [1.29, 1.82) is 0 Å². The first kappa shape index (κ1) is 10.7. The van der Waals surface area contributed by atoms with Crippen LogP contribution < -0.4 is 0 Å². The topological polar surface area (TPSA) is 21.1 Å². The fourth-order valence-electron chi connectivity index (χ4n) is 2.15. The lowest BCUT2D eigenvalue weighted by molar-refractivity contribution is 0.215. The van der Waals surface area contributed by atoms with Crippen LogP contribution in [0.15, 0.2) is 6.33 Å². The van der Waals surface area contributed by atoms with Crippen molar-refractivity contribution >= 4 is 0 Å². The summed E-state index contributed by atoms with van der Waals surface area (Å²) in [6.07, 6.45) is 3.07. The Labute approximate surface area is 92.1 Å². The number of likely N-dealkylation sites (N-methyl/N-ethyl adjacent to an activating group) is 1. The summed E-state index contributed by atoms with van der Waals surface area (Å²) in [7, 11) is 2.19. The van der Waals surface area contributed by atoms with E-state index >= 15 is 0 Å². The lowest BCUT2D eigenvalue weighted by atomic mass is 10.0. The fourth-order valence-corrected chi connectivity index (χ4v) is 2.15. The highest BCUT2D eigenvalue weighted by Crippen LogP contribution is 2.25. The van der Waals surface area contributed by atoms with Gasteiger partial charge in [0.2, 0.25) is 0 Å². The number of nitrogens with zero attached hydrogens (tertiary/aromatic N) is 3. The molecule has 0 radical (unpaired) electrons. The Kier molecular flexibility index (Phi) is 2.38. The molecule has 1 unspecified atom stereocenters. The van der Waals surface area contributed by atoms with Crippen LogP contribution in [0, 0.1) is 0 Å². The van der Waals surface area contributed by atoms with Crippen molar-refractivity contribution in [3.05, 3.63) is 17.7 Å². The molecule has 0 N–H and O–H groups in total. The molecule has 0 saturated heterocycles. The molecule has 84 valence electrons. The molecular weight excluding hydrogens is 186 g/mol. The maximum Gasteiger partial charge on any atom is 0.0957 e. The quantitative estimate of drug-likeness (QED) is 0.649. The number of aromatic nitrogens is 2. The first-order chi connectivity index (χ1) is 6.89.